The second kappa shape index (κ2) is 6.34. The number of likely N-dealkylation sites (tertiary alicyclic amines) is 1. The second-order valence-electron chi connectivity index (χ2n) is 4.69. The van der Waals surface area contributed by atoms with Gasteiger partial charge in [0.1, 0.15) is 17.5 Å². The number of benzene rings is 1. The molecule has 0 aromatic heterocycles. The molecule has 2 rings (SSSR count). The van der Waals surface area contributed by atoms with Crippen LogP contribution in [0.25, 0.3) is 0 Å². The summed E-state index contributed by atoms with van der Waals surface area (Å²) in [6.45, 7) is 0.432. The summed E-state index contributed by atoms with van der Waals surface area (Å²) in [5.41, 5.74) is 0.472. The number of amides is 2. The predicted molar refractivity (Wildman–Crippen MR) is 75.9 cm³/mol. The van der Waals surface area contributed by atoms with Crippen molar-refractivity contribution < 1.29 is 24.2 Å². The van der Waals surface area contributed by atoms with Crippen molar-refractivity contribution in [2.45, 2.75) is 18.9 Å². The Balaban J connectivity index is 2.14. The quantitative estimate of drug-likeness (QED) is 0.883. The van der Waals surface area contributed by atoms with Crippen molar-refractivity contribution in [2.75, 3.05) is 26.1 Å². The topological polar surface area (TPSA) is 88.1 Å². The minimum atomic E-state index is -0.982. The van der Waals surface area contributed by atoms with E-state index in [1.165, 1.54) is 19.1 Å². The van der Waals surface area contributed by atoms with Gasteiger partial charge in [-0.15, -0.1) is 0 Å². The smallest absolute Gasteiger partial charge is 0.326 e. The highest BCUT2D eigenvalue weighted by Crippen LogP contribution is 2.30. The predicted octanol–water partition coefficient (Wildman–Crippen LogP) is 1.78. The highest BCUT2D eigenvalue weighted by Gasteiger charge is 2.34. The first-order chi connectivity index (χ1) is 10.1. The first-order valence-electron chi connectivity index (χ1n) is 6.59. The molecule has 2 amide bonds. The molecule has 21 heavy (non-hydrogen) atoms. The fourth-order valence-electron chi connectivity index (χ4n) is 2.36. The monoisotopic (exact) mass is 294 g/mol. The van der Waals surface area contributed by atoms with E-state index in [4.69, 9.17) is 14.6 Å². The minimum absolute atomic E-state index is 0.432. The SMILES string of the molecule is COc1ccc(NC(=O)N2CCC[C@H]2C(=O)O)c(OC)c1. The van der Waals surface area contributed by atoms with E-state index in [2.05, 4.69) is 5.32 Å². The van der Waals surface area contributed by atoms with Crippen molar-refractivity contribution in [3.8, 4) is 11.5 Å². The van der Waals surface area contributed by atoms with Crippen LogP contribution in [0.4, 0.5) is 10.5 Å². The van der Waals surface area contributed by atoms with Crippen molar-refractivity contribution in [2.24, 2.45) is 0 Å². The Kier molecular flexibility index (Phi) is 4.52. The third-order valence-corrected chi connectivity index (χ3v) is 3.45. The van der Waals surface area contributed by atoms with Crippen molar-refractivity contribution in [3.63, 3.8) is 0 Å². The van der Waals surface area contributed by atoms with Gasteiger partial charge in [0.2, 0.25) is 0 Å². The maximum absolute atomic E-state index is 12.2. The summed E-state index contributed by atoms with van der Waals surface area (Å²) >= 11 is 0. The van der Waals surface area contributed by atoms with Crippen LogP contribution in [-0.4, -0.2) is 48.8 Å². The van der Waals surface area contributed by atoms with Gasteiger partial charge in [-0.25, -0.2) is 9.59 Å². The number of anilines is 1. The summed E-state index contributed by atoms with van der Waals surface area (Å²) in [6.07, 6.45) is 1.16. The number of carboxylic acid groups (broad SMARTS) is 1. The molecule has 1 atom stereocenters. The third-order valence-electron chi connectivity index (χ3n) is 3.45. The molecule has 7 heteroatoms. The lowest BCUT2D eigenvalue weighted by Crippen LogP contribution is -2.42. The maximum atomic E-state index is 12.2. The number of ether oxygens (including phenoxy) is 2. The Morgan fingerprint density at radius 1 is 1.33 bits per heavy atom. The highest BCUT2D eigenvalue weighted by molar-refractivity contribution is 5.94. The molecule has 0 aliphatic carbocycles. The van der Waals surface area contributed by atoms with Crippen molar-refractivity contribution >= 4 is 17.7 Å². The van der Waals surface area contributed by atoms with E-state index >= 15 is 0 Å². The largest absolute Gasteiger partial charge is 0.497 e. The van der Waals surface area contributed by atoms with Crippen molar-refractivity contribution in [3.05, 3.63) is 18.2 Å². The highest BCUT2D eigenvalue weighted by atomic mass is 16.5. The molecule has 2 N–H and O–H groups in total. The number of hydrogen-bond acceptors (Lipinski definition) is 4. The molecule has 7 nitrogen and oxygen atoms in total. The van der Waals surface area contributed by atoms with Gasteiger partial charge >= 0.3 is 12.0 Å². The van der Waals surface area contributed by atoms with Crippen LogP contribution in [0.2, 0.25) is 0 Å². The van der Waals surface area contributed by atoms with Crippen LogP contribution in [0.5, 0.6) is 11.5 Å². The molecule has 1 saturated heterocycles. The van der Waals surface area contributed by atoms with Crippen LogP contribution >= 0.6 is 0 Å². The summed E-state index contributed by atoms with van der Waals surface area (Å²) in [4.78, 5) is 24.7. The standard InChI is InChI=1S/C14H18N2O5/c1-20-9-5-6-10(12(8-9)21-2)15-14(19)16-7-3-4-11(16)13(17)18/h5-6,8,11H,3-4,7H2,1-2H3,(H,15,19)(H,17,18)/t11-/m0/s1. The number of methoxy groups -OCH3 is 2. The normalized spacial score (nSPS) is 17.4. The van der Waals surface area contributed by atoms with E-state index in [-0.39, 0.29) is 0 Å². The molecule has 1 aromatic rings. The molecule has 0 bridgehead atoms. The number of carboxylic acids is 1. The van der Waals surface area contributed by atoms with Crippen LogP contribution in [0, 0.1) is 0 Å². The van der Waals surface area contributed by atoms with Gasteiger partial charge in [0, 0.05) is 12.6 Å². The molecular weight excluding hydrogens is 276 g/mol. The van der Waals surface area contributed by atoms with Gasteiger partial charge in [-0.3, -0.25) is 0 Å². The lowest BCUT2D eigenvalue weighted by atomic mass is 10.2. The molecule has 1 fully saturated rings. The maximum Gasteiger partial charge on any atom is 0.326 e. The molecule has 1 heterocycles. The molecule has 1 aliphatic rings. The fourth-order valence-corrected chi connectivity index (χ4v) is 2.36. The number of hydrogen-bond donors (Lipinski definition) is 2. The summed E-state index contributed by atoms with van der Waals surface area (Å²) in [5, 5.41) is 11.8. The van der Waals surface area contributed by atoms with Crippen LogP contribution in [-0.2, 0) is 4.79 Å². The third kappa shape index (κ3) is 3.18. The van der Waals surface area contributed by atoms with E-state index in [1.807, 2.05) is 0 Å². The van der Waals surface area contributed by atoms with Crippen molar-refractivity contribution in [1.82, 2.24) is 4.90 Å². The molecule has 0 spiro atoms. The second-order valence-corrected chi connectivity index (χ2v) is 4.69. The van der Waals surface area contributed by atoms with E-state index in [0.29, 0.717) is 36.6 Å². The van der Waals surface area contributed by atoms with E-state index in [9.17, 15) is 9.59 Å². The van der Waals surface area contributed by atoms with Gasteiger partial charge in [0.05, 0.1) is 19.9 Å². The van der Waals surface area contributed by atoms with Crippen LogP contribution in [0.15, 0.2) is 18.2 Å². The minimum Gasteiger partial charge on any atom is -0.497 e. The average molecular weight is 294 g/mol. The van der Waals surface area contributed by atoms with Crippen LogP contribution in [0.1, 0.15) is 12.8 Å². The van der Waals surface area contributed by atoms with E-state index < -0.39 is 18.0 Å². The van der Waals surface area contributed by atoms with Crippen LogP contribution in [0.3, 0.4) is 0 Å². The Morgan fingerprint density at radius 2 is 2.10 bits per heavy atom. The van der Waals surface area contributed by atoms with Gasteiger partial charge in [0.15, 0.2) is 0 Å². The Labute approximate surface area is 122 Å². The van der Waals surface area contributed by atoms with Gasteiger partial charge < -0.3 is 24.8 Å². The number of aliphatic carboxylic acids is 1. The number of carbonyl (C=O) groups excluding carboxylic acids is 1. The summed E-state index contributed by atoms with van der Waals surface area (Å²) in [7, 11) is 3.02. The summed E-state index contributed by atoms with van der Waals surface area (Å²) in [6, 6.07) is 3.78. The summed E-state index contributed by atoms with van der Waals surface area (Å²) < 4.78 is 10.3. The van der Waals surface area contributed by atoms with Crippen LogP contribution < -0.4 is 14.8 Å². The Hall–Kier alpha value is -2.44. The number of urea groups is 1. The fraction of sp³-hybridized carbons (Fsp3) is 0.429. The lowest BCUT2D eigenvalue weighted by Gasteiger charge is -2.22. The Morgan fingerprint density at radius 3 is 2.71 bits per heavy atom. The zero-order valence-electron chi connectivity index (χ0n) is 12.0. The van der Waals surface area contributed by atoms with Gasteiger partial charge in [-0.05, 0) is 25.0 Å². The first kappa shape index (κ1) is 15.0. The Bertz CT molecular complexity index is 546. The lowest BCUT2D eigenvalue weighted by molar-refractivity contribution is -0.141. The first-order valence-corrected chi connectivity index (χ1v) is 6.59. The zero-order chi connectivity index (χ0) is 15.4. The molecule has 0 saturated carbocycles. The van der Waals surface area contributed by atoms with E-state index in [0.717, 1.165) is 0 Å². The molecule has 0 unspecified atom stereocenters. The summed E-state index contributed by atoms with van der Waals surface area (Å²) in [5.74, 6) is 0.0764. The molecule has 0 radical (unpaired) electrons. The molecular formula is C14H18N2O5. The number of nitrogens with one attached hydrogen (secondary N) is 1. The average Bonchev–Trinajstić information content (AvgIpc) is 2.97. The molecule has 1 aromatic carbocycles. The van der Waals surface area contributed by atoms with Crippen molar-refractivity contribution in [1.29, 1.82) is 0 Å². The van der Waals surface area contributed by atoms with E-state index in [1.54, 1.807) is 18.2 Å². The van der Waals surface area contributed by atoms with Gasteiger partial charge in [-0.2, -0.15) is 0 Å². The van der Waals surface area contributed by atoms with Gasteiger partial charge in [-0.1, -0.05) is 0 Å². The number of carbonyl (C=O) groups is 2. The number of nitrogens with zero attached hydrogens (tertiary/aromatic N) is 1. The molecule has 114 valence electrons. The zero-order valence-corrected chi connectivity index (χ0v) is 12.0. The molecule has 1 aliphatic heterocycles. The number of rotatable bonds is 4. The van der Waals surface area contributed by atoms with Gasteiger partial charge in [0.25, 0.3) is 0 Å².